The topological polar surface area (TPSA) is 52.9 Å². The Morgan fingerprint density at radius 2 is 1.85 bits per heavy atom. The van der Waals surface area contributed by atoms with E-state index in [1.54, 1.807) is 24.3 Å². The average Bonchev–Trinajstić information content (AvgIpc) is 2.48. The Bertz CT molecular complexity index is 389. The minimum Gasteiger partial charge on any atom is -0.492 e. The molecule has 0 unspecified atom stereocenters. The summed E-state index contributed by atoms with van der Waals surface area (Å²) in [4.78, 5) is 2.46. The van der Waals surface area contributed by atoms with Crippen LogP contribution in [0.25, 0.3) is 0 Å². The molecule has 1 heterocycles. The third kappa shape index (κ3) is 4.51. The number of likely N-dealkylation sites (tertiary alicyclic amines) is 1. The second-order valence-electron chi connectivity index (χ2n) is 5.48. The third-order valence-electron chi connectivity index (χ3n) is 4.14. The van der Waals surface area contributed by atoms with Gasteiger partial charge in [-0.2, -0.15) is 0 Å². The maximum absolute atomic E-state index is 9.01. The molecule has 0 saturated carbocycles. The predicted octanol–water partition coefficient (Wildman–Crippen LogP) is 0.867. The van der Waals surface area contributed by atoms with Crippen LogP contribution in [0.2, 0.25) is 0 Å². The number of hydrogen-bond donors (Lipinski definition) is 2. The van der Waals surface area contributed by atoms with Crippen molar-refractivity contribution < 1.29 is 14.8 Å². The van der Waals surface area contributed by atoms with Gasteiger partial charge in [-0.1, -0.05) is 25.5 Å². The van der Waals surface area contributed by atoms with Gasteiger partial charge in [0.1, 0.15) is 12.4 Å². The van der Waals surface area contributed by atoms with Crippen molar-refractivity contribution in [3.8, 4) is 5.75 Å². The molecule has 5 heteroatoms. The molecule has 0 bridgehead atoms. The fraction of sp³-hybridized carbons (Fsp3) is 0.600. The average molecular weight is 277 g/mol. The Labute approximate surface area is 121 Å². The lowest BCUT2D eigenvalue weighted by molar-refractivity contribution is 0.153. The van der Waals surface area contributed by atoms with Gasteiger partial charge in [0, 0.05) is 6.54 Å². The molecule has 1 aromatic carbocycles. The van der Waals surface area contributed by atoms with Gasteiger partial charge in [-0.3, -0.25) is 4.90 Å². The Morgan fingerprint density at radius 1 is 1.20 bits per heavy atom. The monoisotopic (exact) mass is 277 g/mol. The number of ether oxygens (including phenoxy) is 1. The molecule has 0 spiro atoms. The second kappa shape index (κ2) is 7.67. The summed E-state index contributed by atoms with van der Waals surface area (Å²) in [6.07, 6.45) is 3.91. The van der Waals surface area contributed by atoms with Crippen molar-refractivity contribution >= 4 is 12.6 Å². The molecule has 1 aliphatic heterocycles. The van der Waals surface area contributed by atoms with Crippen molar-refractivity contribution in [1.82, 2.24) is 4.90 Å². The van der Waals surface area contributed by atoms with Gasteiger partial charge in [0.2, 0.25) is 0 Å². The van der Waals surface area contributed by atoms with E-state index in [1.165, 1.54) is 32.4 Å². The molecule has 0 atom stereocenters. The van der Waals surface area contributed by atoms with E-state index in [1.807, 2.05) is 0 Å². The molecule has 4 nitrogen and oxygen atoms in total. The zero-order chi connectivity index (χ0) is 14.4. The third-order valence-corrected chi connectivity index (χ3v) is 4.14. The summed E-state index contributed by atoms with van der Waals surface area (Å²) >= 11 is 0. The van der Waals surface area contributed by atoms with Gasteiger partial charge >= 0.3 is 7.12 Å². The fourth-order valence-corrected chi connectivity index (χ4v) is 2.65. The Morgan fingerprint density at radius 3 is 2.40 bits per heavy atom. The van der Waals surface area contributed by atoms with Gasteiger partial charge in [-0.15, -0.1) is 0 Å². The van der Waals surface area contributed by atoms with Gasteiger partial charge in [0.05, 0.1) is 0 Å². The van der Waals surface area contributed by atoms with Gasteiger partial charge in [-0.05, 0) is 49.4 Å². The number of piperidine rings is 1. The van der Waals surface area contributed by atoms with Crippen LogP contribution in [-0.4, -0.2) is 48.3 Å². The molecular formula is C15H24BNO3. The van der Waals surface area contributed by atoms with Gasteiger partial charge in [0.25, 0.3) is 0 Å². The normalized spacial score (nSPS) is 17.1. The molecule has 0 radical (unpaired) electrons. The van der Waals surface area contributed by atoms with Crippen LogP contribution in [0.3, 0.4) is 0 Å². The van der Waals surface area contributed by atoms with Crippen LogP contribution in [0.5, 0.6) is 5.75 Å². The Hall–Kier alpha value is -1.04. The number of hydrogen-bond acceptors (Lipinski definition) is 4. The summed E-state index contributed by atoms with van der Waals surface area (Å²) < 4.78 is 5.69. The number of nitrogens with zero attached hydrogens (tertiary/aromatic N) is 1. The molecule has 0 aliphatic carbocycles. The van der Waals surface area contributed by atoms with Crippen LogP contribution in [0.1, 0.15) is 26.2 Å². The largest absolute Gasteiger partial charge is 0.492 e. The molecule has 0 aromatic heterocycles. The van der Waals surface area contributed by atoms with Crippen molar-refractivity contribution in [2.24, 2.45) is 5.92 Å². The lowest BCUT2D eigenvalue weighted by Crippen LogP contribution is -2.36. The molecular weight excluding hydrogens is 253 g/mol. The maximum atomic E-state index is 9.01. The van der Waals surface area contributed by atoms with E-state index in [0.29, 0.717) is 12.1 Å². The molecule has 1 fully saturated rings. The molecule has 110 valence electrons. The minimum absolute atomic E-state index is 0.485. The van der Waals surface area contributed by atoms with E-state index >= 15 is 0 Å². The van der Waals surface area contributed by atoms with Crippen molar-refractivity contribution in [2.75, 3.05) is 26.2 Å². The molecule has 0 amide bonds. The van der Waals surface area contributed by atoms with Crippen molar-refractivity contribution in [1.29, 1.82) is 0 Å². The highest BCUT2D eigenvalue weighted by atomic mass is 16.5. The minimum atomic E-state index is -1.41. The molecule has 1 aromatic rings. The first-order valence-electron chi connectivity index (χ1n) is 7.50. The second-order valence-corrected chi connectivity index (χ2v) is 5.48. The molecule has 1 saturated heterocycles. The van der Waals surface area contributed by atoms with E-state index in [-0.39, 0.29) is 0 Å². The lowest BCUT2D eigenvalue weighted by Gasteiger charge is -2.31. The zero-order valence-corrected chi connectivity index (χ0v) is 12.2. The van der Waals surface area contributed by atoms with E-state index in [2.05, 4.69) is 11.8 Å². The van der Waals surface area contributed by atoms with Crippen LogP contribution >= 0.6 is 0 Å². The summed E-state index contributed by atoms with van der Waals surface area (Å²) in [7, 11) is -1.41. The summed E-state index contributed by atoms with van der Waals surface area (Å²) in [5.74, 6) is 1.68. The molecule has 20 heavy (non-hydrogen) atoms. The number of benzene rings is 1. The van der Waals surface area contributed by atoms with Crippen molar-refractivity contribution in [3.63, 3.8) is 0 Å². The Kier molecular flexibility index (Phi) is 5.89. The standard InChI is InChI=1S/C15H24BNO3/c1-2-13-7-9-17(10-8-13)11-12-20-15-5-3-14(4-6-15)16(18)19/h3-6,13,18-19H,2,7-12H2,1H3. The highest BCUT2D eigenvalue weighted by Gasteiger charge is 2.17. The zero-order valence-electron chi connectivity index (χ0n) is 12.2. The fourth-order valence-electron chi connectivity index (χ4n) is 2.65. The van der Waals surface area contributed by atoms with Crippen LogP contribution < -0.4 is 10.2 Å². The summed E-state index contributed by atoms with van der Waals surface area (Å²) in [6.45, 7) is 6.27. The highest BCUT2D eigenvalue weighted by Crippen LogP contribution is 2.19. The van der Waals surface area contributed by atoms with Gasteiger partial charge in [0.15, 0.2) is 0 Å². The molecule has 2 N–H and O–H groups in total. The lowest BCUT2D eigenvalue weighted by atomic mass is 9.80. The van der Waals surface area contributed by atoms with Crippen LogP contribution in [0.4, 0.5) is 0 Å². The van der Waals surface area contributed by atoms with E-state index in [0.717, 1.165) is 18.2 Å². The summed E-state index contributed by atoms with van der Waals surface area (Å²) in [5.41, 5.74) is 0.485. The van der Waals surface area contributed by atoms with Crippen molar-refractivity contribution in [2.45, 2.75) is 26.2 Å². The van der Waals surface area contributed by atoms with Crippen molar-refractivity contribution in [3.05, 3.63) is 24.3 Å². The van der Waals surface area contributed by atoms with Crippen LogP contribution in [0.15, 0.2) is 24.3 Å². The van der Waals surface area contributed by atoms with E-state index in [9.17, 15) is 0 Å². The molecule has 1 aliphatic rings. The first-order valence-corrected chi connectivity index (χ1v) is 7.50. The molecule has 2 rings (SSSR count). The Balaban J connectivity index is 1.68. The SMILES string of the molecule is CCC1CCN(CCOc2ccc(B(O)O)cc2)CC1. The van der Waals surface area contributed by atoms with Crippen LogP contribution in [-0.2, 0) is 0 Å². The quantitative estimate of drug-likeness (QED) is 0.758. The predicted molar refractivity (Wildman–Crippen MR) is 81.2 cm³/mol. The first kappa shape index (κ1) is 15.4. The van der Waals surface area contributed by atoms with Gasteiger partial charge in [-0.25, -0.2) is 0 Å². The van der Waals surface area contributed by atoms with Gasteiger partial charge < -0.3 is 14.8 Å². The van der Waals surface area contributed by atoms with E-state index in [4.69, 9.17) is 14.8 Å². The maximum Gasteiger partial charge on any atom is 0.488 e. The smallest absolute Gasteiger partial charge is 0.488 e. The highest BCUT2D eigenvalue weighted by molar-refractivity contribution is 6.58. The number of rotatable bonds is 6. The first-order chi connectivity index (χ1) is 9.69. The van der Waals surface area contributed by atoms with Crippen LogP contribution in [0, 0.1) is 5.92 Å². The van der Waals surface area contributed by atoms with E-state index < -0.39 is 7.12 Å². The summed E-state index contributed by atoms with van der Waals surface area (Å²) in [6, 6.07) is 6.90. The summed E-state index contributed by atoms with van der Waals surface area (Å²) in [5, 5.41) is 18.0.